The molecule has 0 aliphatic carbocycles. The number of carbonyl (C=O) groups is 2. The number of nitrogens with zero attached hydrogens (tertiary/aromatic N) is 3. The highest BCUT2D eigenvalue weighted by Gasteiger charge is 2.14. The molecular formula is C28H17N3O4S2. The minimum atomic E-state index is 0.284. The van der Waals surface area contributed by atoms with Crippen molar-refractivity contribution in [2.24, 2.45) is 0 Å². The van der Waals surface area contributed by atoms with Crippen molar-refractivity contribution in [2.45, 2.75) is 6.92 Å². The Labute approximate surface area is 220 Å². The average Bonchev–Trinajstić information content (AvgIpc) is 3.59. The van der Waals surface area contributed by atoms with Gasteiger partial charge in [-0.2, -0.15) is 0 Å². The Bertz CT molecular complexity index is 1660. The van der Waals surface area contributed by atoms with Crippen LogP contribution in [-0.4, -0.2) is 27.9 Å². The van der Waals surface area contributed by atoms with Crippen LogP contribution in [0.4, 0.5) is 0 Å². The van der Waals surface area contributed by atoms with Crippen LogP contribution in [0.1, 0.15) is 12.5 Å². The van der Waals surface area contributed by atoms with Gasteiger partial charge in [-0.1, -0.05) is 5.92 Å². The van der Waals surface area contributed by atoms with Gasteiger partial charge in [-0.25, -0.2) is 4.98 Å². The van der Waals surface area contributed by atoms with E-state index < -0.39 is 0 Å². The summed E-state index contributed by atoms with van der Waals surface area (Å²) in [7, 11) is 0. The van der Waals surface area contributed by atoms with E-state index in [1.807, 2.05) is 30.5 Å². The molecule has 5 aromatic rings. The molecule has 0 amide bonds. The van der Waals surface area contributed by atoms with Crippen molar-refractivity contribution in [3.8, 4) is 66.3 Å². The van der Waals surface area contributed by atoms with Crippen LogP contribution < -0.4 is 9.47 Å². The lowest BCUT2D eigenvalue weighted by molar-refractivity contribution is -0.121. The molecule has 0 saturated carbocycles. The van der Waals surface area contributed by atoms with Gasteiger partial charge in [0, 0.05) is 45.9 Å². The first-order valence-corrected chi connectivity index (χ1v) is 12.6. The van der Waals surface area contributed by atoms with E-state index in [0.717, 1.165) is 25.8 Å². The van der Waals surface area contributed by atoms with Crippen molar-refractivity contribution >= 4 is 35.6 Å². The second-order valence-corrected chi connectivity index (χ2v) is 9.51. The van der Waals surface area contributed by atoms with Crippen LogP contribution in [-0.2, 0) is 9.59 Å². The summed E-state index contributed by atoms with van der Waals surface area (Å²) in [6.45, 7) is 2.52. The zero-order valence-electron chi connectivity index (χ0n) is 19.4. The Morgan fingerprint density at radius 2 is 1.46 bits per heavy atom. The van der Waals surface area contributed by atoms with E-state index in [-0.39, 0.29) is 5.75 Å². The fourth-order valence-electron chi connectivity index (χ4n) is 3.64. The Morgan fingerprint density at radius 1 is 0.784 bits per heavy atom. The monoisotopic (exact) mass is 523 g/mol. The molecule has 0 aromatic carbocycles. The van der Waals surface area contributed by atoms with E-state index in [1.165, 1.54) is 6.20 Å². The second kappa shape index (κ2) is 11.0. The summed E-state index contributed by atoms with van der Waals surface area (Å²) < 4.78 is 10.0. The standard InChI is InChI=1S/C28H17N3O4S2/c1-2-3-18-8-11-36-28(18)27-5-4-26(37-27)19-6-9-29-22(12-19)24-14-21(35-17-33)15-25(31-24)23-13-20(34-16-32)7-10-30-23/h4-17H,1H3. The molecule has 0 saturated heterocycles. The number of pyridine rings is 3. The molecule has 7 nitrogen and oxygen atoms in total. The minimum absolute atomic E-state index is 0.284. The van der Waals surface area contributed by atoms with Crippen molar-refractivity contribution in [1.29, 1.82) is 0 Å². The van der Waals surface area contributed by atoms with Gasteiger partial charge >= 0.3 is 0 Å². The second-order valence-electron chi connectivity index (χ2n) is 7.51. The van der Waals surface area contributed by atoms with Crippen molar-refractivity contribution < 1.29 is 19.1 Å². The van der Waals surface area contributed by atoms with E-state index in [2.05, 4.69) is 33.9 Å². The normalized spacial score (nSPS) is 10.3. The minimum Gasteiger partial charge on any atom is -0.429 e. The number of aromatic nitrogens is 3. The van der Waals surface area contributed by atoms with Crippen LogP contribution in [0.2, 0.25) is 0 Å². The van der Waals surface area contributed by atoms with Gasteiger partial charge in [0.15, 0.2) is 0 Å². The first kappa shape index (κ1) is 24.1. The molecule has 0 bridgehead atoms. The summed E-state index contributed by atoms with van der Waals surface area (Å²) >= 11 is 3.35. The van der Waals surface area contributed by atoms with Crippen LogP contribution in [0.3, 0.4) is 0 Å². The van der Waals surface area contributed by atoms with Crippen LogP contribution in [0.15, 0.2) is 72.4 Å². The molecule has 0 N–H and O–H groups in total. The van der Waals surface area contributed by atoms with Gasteiger partial charge in [0.25, 0.3) is 12.9 Å². The van der Waals surface area contributed by atoms with Crippen molar-refractivity contribution in [3.63, 3.8) is 0 Å². The molecule has 0 unspecified atom stereocenters. The summed E-state index contributed by atoms with van der Waals surface area (Å²) in [4.78, 5) is 38.7. The van der Waals surface area contributed by atoms with E-state index in [4.69, 9.17) is 14.5 Å². The Hall–Kier alpha value is -4.65. The summed E-state index contributed by atoms with van der Waals surface area (Å²) in [5.74, 6) is 6.73. The van der Waals surface area contributed by atoms with E-state index in [9.17, 15) is 9.59 Å². The van der Waals surface area contributed by atoms with E-state index >= 15 is 0 Å². The Balaban J connectivity index is 1.53. The highest BCUT2D eigenvalue weighted by atomic mass is 32.1. The van der Waals surface area contributed by atoms with Crippen LogP contribution in [0, 0.1) is 11.8 Å². The fraction of sp³-hybridized carbons (Fsp3) is 0.0357. The lowest BCUT2D eigenvalue weighted by atomic mass is 10.1. The van der Waals surface area contributed by atoms with Crippen LogP contribution >= 0.6 is 22.7 Å². The molecule has 9 heteroatoms. The molecule has 5 rings (SSSR count). The zero-order chi connectivity index (χ0) is 25.6. The van der Waals surface area contributed by atoms with Gasteiger partial charge < -0.3 is 9.47 Å². The van der Waals surface area contributed by atoms with Gasteiger partial charge in [0.1, 0.15) is 11.5 Å². The van der Waals surface area contributed by atoms with E-state index in [1.54, 1.807) is 53.1 Å². The molecule has 0 spiro atoms. The summed E-state index contributed by atoms with van der Waals surface area (Å²) in [6, 6.07) is 16.4. The number of hydrogen-bond acceptors (Lipinski definition) is 9. The third-order valence-electron chi connectivity index (χ3n) is 5.22. The SMILES string of the molecule is CC#Cc1ccsc1-c1ccc(-c2ccnc(-c3cc(OC=O)cc(-c4cc(OC=O)ccn4)n3)c2)s1. The predicted octanol–water partition coefficient (Wildman–Crippen LogP) is 6.10. The number of carbonyl (C=O) groups excluding carboxylic acids is 2. The highest BCUT2D eigenvalue weighted by molar-refractivity contribution is 7.23. The van der Waals surface area contributed by atoms with Crippen molar-refractivity contribution in [2.75, 3.05) is 0 Å². The third-order valence-corrected chi connectivity index (χ3v) is 7.45. The highest BCUT2D eigenvalue weighted by Crippen LogP contribution is 2.39. The first-order valence-electron chi connectivity index (χ1n) is 10.9. The largest absolute Gasteiger partial charge is 0.429 e. The predicted molar refractivity (Wildman–Crippen MR) is 143 cm³/mol. The quantitative estimate of drug-likeness (QED) is 0.179. The van der Waals surface area contributed by atoms with E-state index in [0.29, 0.717) is 41.5 Å². The molecule has 0 aliphatic heterocycles. The number of hydrogen-bond donors (Lipinski definition) is 0. The summed E-state index contributed by atoms with van der Waals surface area (Å²) in [6.07, 6.45) is 3.22. The number of rotatable bonds is 8. The summed E-state index contributed by atoms with van der Waals surface area (Å²) in [5, 5.41) is 2.05. The molecular weight excluding hydrogens is 506 g/mol. The average molecular weight is 524 g/mol. The number of ether oxygens (including phenoxy) is 2. The van der Waals surface area contributed by atoms with Crippen LogP contribution in [0.5, 0.6) is 11.5 Å². The molecule has 0 fully saturated rings. The number of thiophene rings is 2. The van der Waals surface area contributed by atoms with Gasteiger partial charge in [0.05, 0.1) is 27.7 Å². The molecule has 0 atom stereocenters. The Kier molecular flexibility index (Phi) is 7.12. The molecule has 180 valence electrons. The first-order chi connectivity index (χ1) is 18.2. The maximum Gasteiger partial charge on any atom is 0.298 e. The molecule has 0 aliphatic rings. The van der Waals surface area contributed by atoms with Crippen molar-refractivity contribution in [3.05, 3.63) is 77.9 Å². The third kappa shape index (κ3) is 5.30. The van der Waals surface area contributed by atoms with Gasteiger partial charge in [-0.15, -0.1) is 28.6 Å². The van der Waals surface area contributed by atoms with Gasteiger partial charge in [-0.05, 0) is 54.3 Å². The Morgan fingerprint density at radius 3 is 2.22 bits per heavy atom. The molecule has 5 heterocycles. The lowest BCUT2D eigenvalue weighted by Gasteiger charge is -2.09. The zero-order valence-corrected chi connectivity index (χ0v) is 21.0. The smallest absolute Gasteiger partial charge is 0.298 e. The topological polar surface area (TPSA) is 91.3 Å². The summed E-state index contributed by atoms with van der Waals surface area (Å²) in [5.41, 5.74) is 3.97. The maximum atomic E-state index is 11.1. The lowest BCUT2D eigenvalue weighted by Crippen LogP contribution is -1.97. The van der Waals surface area contributed by atoms with Crippen molar-refractivity contribution in [1.82, 2.24) is 15.0 Å². The van der Waals surface area contributed by atoms with Gasteiger partial charge in [0.2, 0.25) is 0 Å². The van der Waals surface area contributed by atoms with Crippen LogP contribution in [0.25, 0.3) is 43.0 Å². The fourth-order valence-corrected chi connectivity index (χ4v) is 5.64. The molecule has 37 heavy (non-hydrogen) atoms. The van der Waals surface area contributed by atoms with Gasteiger partial charge in [-0.3, -0.25) is 19.6 Å². The molecule has 0 radical (unpaired) electrons. The molecule has 5 aromatic heterocycles. The maximum absolute atomic E-state index is 11.1.